The molecule has 1 aromatic heterocycles. The summed E-state index contributed by atoms with van der Waals surface area (Å²) >= 11 is 0. The van der Waals surface area contributed by atoms with E-state index in [-0.39, 0.29) is 36.7 Å². The molecule has 0 spiro atoms. The van der Waals surface area contributed by atoms with Gasteiger partial charge in [0.25, 0.3) is 0 Å². The van der Waals surface area contributed by atoms with Gasteiger partial charge >= 0.3 is 6.09 Å². The monoisotopic (exact) mass is 661 g/mol. The van der Waals surface area contributed by atoms with E-state index in [0.717, 1.165) is 37.7 Å². The summed E-state index contributed by atoms with van der Waals surface area (Å²) in [5.74, 6) is -1.05. The van der Waals surface area contributed by atoms with Gasteiger partial charge in [-0.05, 0) is 45.1 Å². The van der Waals surface area contributed by atoms with Crippen LogP contribution in [0, 0.1) is 5.92 Å². The number of ether oxygens (including phenoxy) is 1. The maximum absolute atomic E-state index is 13.9. The van der Waals surface area contributed by atoms with Crippen molar-refractivity contribution < 1.29 is 32.6 Å². The number of carbonyl (C=O) groups excluding carboxylic acids is 3. The first kappa shape index (κ1) is 37.0. The van der Waals surface area contributed by atoms with E-state index >= 15 is 0 Å². The van der Waals surface area contributed by atoms with Crippen molar-refractivity contribution >= 4 is 27.7 Å². The van der Waals surface area contributed by atoms with Gasteiger partial charge in [-0.15, -0.1) is 0 Å². The van der Waals surface area contributed by atoms with Crippen LogP contribution < -0.4 is 16.0 Å². The molecule has 0 aliphatic heterocycles. The lowest BCUT2D eigenvalue weighted by Gasteiger charge is -2.32. The first-order chi connectivity index (χ1) is 21.7. The molecule has 5 N–H and O–H groups in total. The molecule has 3 rings (SSSR count). The lowest BCUT2D eigenvalue weighted by atomic mass is 9.83. The number of alkyl carbamates (subject to hydrolysis) is 1. The zero-order valence-electron chi connectivity index (χ0n) is 27.5. The van der Waals surface area contributed by atoms with Gasteiger partial charge in [0.15, 0.2) is 0 Å². The Labute approximate surface area is 272 Å². The van der Waals surface area contributed by atoms with Crippen molar-refractivity contribution in [2.75, 3.05) is 11.5 Å². The van der Waals surface area contributed by atoms with Crippen LogP contribution in [0.3, 0.4) is 0 Å². The predicted molar refractivity (Wildman–Crippen MR) is 176 cm³/mol. The zero-order valence-corrected chi connectivity index (χ0v) is 28.3. The number of aliphatic hydroxyl groups excluding tert-OH is 1. The molecule has 1 fully saturated rings. The molecule has 3 amide bonds. The summed E-state index contributed by atoms with van der Waals surface area (Å²) in [4.78, 5) is 47.4. The average Bonchev–Trinajstić information content (AvgIpc) is 3.52. The first-order valence-corrected chi connectivity index (χ1v) is 18.1. The smallest absolute Gasteiger partial charge is 0.408 e. The van der Waals surface area contributed by atoms with Crippen molar-refractivity contribution in [3.05, 3.63) is 54.1 Å². The van der Waals surface area contributed by atoms with E-state index in [4.69, 9.17) is 4.74 Å². The molecular weight excluding hydrogens is 610 g/mol. The number of hydrogen-bond acceptors (Lipinski definition) is 8. The second-order valence-electron chi connectivity index (χ2n) is 13.2. The Morgan fingerprint density at radius 2 is 1.65 bits per heavy atom. The molecule has 12 nitrogen and oxygen atoms in total. The molecule has 0 radical (unpaired) electrons. The zero-order chi connectivity index (χ0) is 33.7. The number of aliphatic hydroxyl groups is 1. The molecule has 13 heteroatoms. The molecule has 1 aromatic carbocycles. The number of imidazole rings is 1. The van der Waals surface area contributed by atoms with Crippen LogP contribution in [-0.4, -0.2) is 82.7 Å². The topological polar surface area (TPSA) is 180 Å². The molecule has 1 saturated carbocycles. The number of amides is 3. The standard InChI is InChI=1S/C33H51N5O7S/c1-5-46(43,44)17-16-29(39)26(18-23-12-8-6-9-13-23)36-31(41)28(20-25-21-34-22-35-25)37-30(40)27(19-24-14-10-7-11-15-24)38-32(42)45-33(2,3)4/h7,10-11,14-15,21-23,26-29,39H,5-6,8-9,12-13,16-20H2,1-4H3,(H,34,35)(H,36,41)(H,37,40)(H,38,42)/t26-,27-,28-,29-/m0/s1. The third-order valence-corrected chi connectivity index (χ3v) is 9.91. The number of H-pyrrole nitrogens is 1. The Morgan fingerprint density at radius 3 is 2.26 bits per heavy atom. The highest BCUT2D eigenvalue weighted by molar-refractivity contribution is 7.91. The highest BCUT2D eigenvalue weighted by atomic mass is 32.2. The minimum atomic E-state index is -3.32. The SMILES string of the molecule is CCS(=O)(=O)CC[C@H](O)[C@H](CC1CCCCC1)NC(=O)[C@H](Cc1cnc[nH]1)NC(=O)[C@H](Cc1ccccc1)NC(=O)OC(C)(C)C. The maximum Gasteiger partial charge on any atom is 0.408 e. The average molecular weight is 662 g/mol. The van der Waals surface area contributed by atoms with Crippen LogP contribution in [0.1, 0.15) is 83.9 Å². The van der Waals surface area contributed by atoms with E-state index in [1.165, 1.54) is 6.33 Å². The van der Waals surface area contributed by atoms with Crippen molar-refractivity contribution in [3.63, 3.8) is 0 Å². The van der Waals surface area contributed by atoms with E-state index in [2.05, 4.69) is 25.9 Å². The number of nitrogens with zero attached hydrogens (tertiary/aromatic N) is 1. The van der Waals surface area contributed by atoms with Gasteiger partial charge in [0.2, 0.25) is 11.8 Å². The van der Waals surface area contributed by atoms with Gasteiger partial charge in [-0.1, -0.05) is 69.4 Å². The molecular formula is C33H51N5O7S. The molecule has 1 aliphatic carbocycles. The molecule has 0 saturated heterocycles. The molecule has 1 heterocycles. The number of rotatable bonds is 16. The summed E-state index contributed by atoms with van der Waals surface area (Å²) in [5.41, 5.74) is 0.607. The molecule has 46 heavy (non-hydrogen) atoms. The van der Waals surface area contributed by atoms with Crippen LogP contribution in [0.2, 0.25) is 0 Å². The van der Waals surface area contributed by atoms with Crippen molar-refractivity contribution in [1.82, 2.24) is 25.9 Å². The molecule has 256 valence electrons. The highest BCUT2D eigenvalue weighted by Crippen LogP contribution is 2.28. The Bertz CT molecular complexity index is 1340. The quantitative estimate of drug-likeness (QED) is 0.182. The first-order valence-electron chi connectivity index (χ1n) is 16.2. The number of nitrogens with one attached hydrogen (secondary N) is 4. The van der Waals surface area contributed by atoms with Crippen LogP contribution in [0.15, 0.2) is 42.9 Å². The molecule has 2 aromatic rings. The summed E-state index contributed by atoms with van der Waals surface area (Å²) in [7, 11) is -3.32. The van der Waals surface area contributed by atoms with Crippen molar-refractivity contribution in [1.29, 1.82) is 0 Å². The fourth-order valence-corrected chi connectivity index (χ4v) is 6.52. The Kier molecular flexibility index (Phi) is 14.1. The van der Waals surface area contributed by atoms with Crippen molar-refractivity contribution in [2.24, 2.45) is 5.92 Å². The third kappa shape index (κ3) is 13.1. The minimum absolute atomic E-state index is 0.00955. The Hall–Kier alpha value is -3.45. The highest BCUT2D eigenvalue weighted by Gasteiger charge is 2.33. The van der Waals surface area contributed by atoms with Crippen LogP contribution in [-0.2, 0) is 37.0 Å². The summed E-state index contributed by atoms with van der Waals surface area (Å²) in [6, 6.07) is 6.32. The number of aromatic amines is 1. The van der Waals surface area contributed by atoms with E-state index in [1.807, 2.05) is 30.3 Å². The summed E-state index contributed by atoms with van der Waals surface area (Å²) < 4.78 is 29.8. The Balaban J connectivity index is 1.83. The maximum atomic E-state index is 13.9. The molecule has 4 atom stereocenters. The summed E-state index contributed by atoms with van der Waals surface area (Å²) in [5, 5.41) is 19.6. The molecule has 1 aliphatic rings. The predicted octanol–water partition coefficient (Wildman–Crippen LogP) is 3.21. The van der Waals surface area contributed by atoms with E-state index in [9.17, 15) is 27.9 Å². The third-order valence-electron chi connectivity index (χ3n) is 8.17. The summed E-state index contributed by atoms with van der Waals surface area (Å²) in [6.45, 7) is 6.73. The molecule has 0 unspecified atom stereocenters. The largest absolute Gasteiger partial charge is 0.444 e. The fourth-order valence-electron chi connectivity index (χ4n) is 5.63. The lowest BCUT2D eigenvalue weighted by molar-refractivity contribution is -0.131. The van der Waals surface area contributed by atoms with Crippen molar-refractivity contribution in [3.8, 4) is 0 Å². The van der Waals surface area contributed by atoms with Crippen LogP contribution in [0.4, 0.5) is 4.79 Å². The van der Waals surface area contributed by atoms with Gasteiger partial charge in [-0.25, -0.2) is 18.2 Å². The van der Waals surface area contributed by atoms with Crippen molar-refractivity contribution in [2.45, 2.75) is 115 Å². The number of benzene rings is 1. The summed E-state index contributed by atoms with van der Waals surface area (Å²) in [6.07, 6.45) is 7.10. The van der Waals surface area contributed by atoms with Crippen LogP contribution >= 0.6 is 0 Å². The van der Waals surface area contributed by atoms with Gasteiger partial charge in [0.05, 0.1) is 24.2 Å². The second-order valence-corrected chi connectivity index (χ2v) is 15.7. The second kappa shape index (κ2) is 17.5. The number of hydrogen-bond donors (Lipinski definition) is 5. The van der Waals surface area contributed by atoms with Crippen LogP contribution in [0.25, 0.3) is 0 Å². The van der Waals surface area contributed by atoms with Gasteiger partial charge in [-0.2, -0.15) is 0 Å². The number of carbonyl (C=O) groups is 3. The number of aromatic nitrogens is 2. The van der Waals surface area contributed by atoms with E-state index in [1.54, 1.807) is 33.9 Å². The number of sulfone groups is 1. The van der Waals surface area contributed by atoms with E-state index < -0.39 is 57.6 Å². The normalized spacial score (nSPS) is 16.9. The molecule has 0 bridgehead atoms. The fraction of sp³-hybridized carbons (Fsp3) is 0.636. The Morgan fingerprint density at radius 1 is 1.00 bits per heavy atom. The van der Waals surface area contributed by atoms with Gasteiger partial charge < -0.3 is 30.8 Å². The van der Waals surface area contributed by atoms with Crippen LogP contribution in [0.5, 0.6) is 0 Å². The van der Waals surface area contributed by atoms with Gasteiger partial charge in [0.1, 0.15) is 27.5 Å². The lowest BCUT2D eigenvalue weighted by Crippen LogP contribution is -2.57. The van der Waals surface area contributed by atoms with Gasteiger partial charge in [0, 0.05) is 30.5 Å². The minimum Gasteiger partial charge on any atom is -0.444 e. The van der Waals surface area contributed by atoms with Gasteiger partial charge in [-0.3, -0.25) is 9.59 Å². The van der Waals surface area contributed by atoms with E-state index in [0.29, 0.717) is 12.1 Å².